The molecule has 3 aromatic rings. The number of fused-ring (bicyclic) bond motifs is 1. The highest BCUT2D eigenvalue weighted by Gasteiger charge is 2.12. The summed E-state index contributed by atoms with van der Waals surface area (Å²) in [6.45, 7) is 0. The van der Waals surface area contributed by atoms with Gasteiger partial charge in [0.25, 0.3) is 0 Å². The summed E-state index contributed by atoms with van der Waals surface area (Å²) in [6, 6.07) is 10.8. The molecule has 0 amide bonds. The van der Waals surface area contributed by atoms with Gasteiger partial charge in [-0.2, -0.15) is 0 Å². The van der Waals surface area contributed by atoms with Crippen molar-refractivity contribution in [2.24, 2.45) is 0 Å². The number of nitrogen functional groups attached to an aromatic ring is 1. The van der Waals surface area contributed by atoms with E-state index in [1.165, 1.54) is 12.3 Å². The van der Waals surface area contributed by atoms with Gasteiger partial charge in [0.1, 0.15) is 0 Å². The van der Waals surface area contributed by atoms with E-state index in [2.05, 4.69) is 15.3 Å². The fraction of sp³-hybridized carbons (Fsp3) is 0. The molecule has 2 heterocycles. The molecular formula is C15H12N4O2. The van der Waals surface area contributed by atoms with Crippen molar-refractivity contribution >= 4 is 34.1 Å². The third-order valence-corrected chi connectivity index (χ3v) is 3.09. The number of aromatic carboxylic acids is 1. The van der Waals surface area contributed by atoms with Crippen LogP contribution in [-0.4, -0.2) is 21.0 Å². The van der Waals surface area contributed by atoms with Crippen molar-refractivity contribution in [2.75, 3.05) is 11.1 Å². The summed E-state index contributed by atoms with van der Waals surface area (Å²) in [7, 11) is 0. The van der Waals surface area contributed by atoms with E-state index in [4.69, 9.17) is 10.8 Å². The minimum absolute atomic E-state index is 0.0231. The van der Waals surface area contributed by atoms with Gasteiger partial charge in [-0.3, -0.25) is 4.98 Å². The number of nitrogens with zero attached hydrogens (tertiary/aromatic N) is 2. The number of nitrogens with two attached hydrogens (primary N) is 1. The standard InChI is InChI=1S/C15H12N4O2/c16-13-11(15(20)21)5-7-18-14(13)19-10-3-4-12-9(8-10)2-1-6-17-12/h1-8H,16H2,(H,18,19)(H,20,21). The Morgan fingerprint density at radius 3 is 2.81 bits per heavy atom. The van der Waals surface area contributed by atoms with Crippen LogP contribution < -0.4 is 11.1 Å². The minimum atomic E-state index is -1.08. The van der Waals surface area contributed by atoms with Gasteiger partial charge in [0.15, 0.2) is 5.82 Å². The number of benzene rings is 1. The van der Waals surface area contributed by atoms with Crippen molar-refractivity contribution in [1.82, 2.24) is 9.97 Å². The first-order chi connectivity index (χ1) is 10.1. The summed E-state index contributed by atoms with van der Waals surface area (Å²) in [5.74, 6) is -0.765. The van der Waals surface area contributed by atoms with Crippen LogP contribution in [0.4, 0.5) is 17.2 Å². The van der Waals surface area contributed by atoms with E-state index in [1.807, 2.05) is 30.3 Å². The van der Waals surface area contributed by atoms with Gasteiger partial charge in [0, 0.05) is 23.5 Å². The summed E-state index contributed by atoms with van der Waals surface area (Å²) in [6.07, 6.45) is 3.13. The van der Waals surface area contributed by atoms with Crippen LogP contribution >= 0.6 is 0 Å². The average molecular weight is 280 g/mol. The van der Waals surface area contributed by atoms with E-state index in [0.717, 1.165) is 16.6 Å². The van der Waals surface area contributed by atoms with Gasteiger partial charge < -0.3 is 16.2 Å². The number of rotatable bonds is 3. The Morgan fingerprint density at radius 2 is 2.00 bits per heavy atom. The normalized spacial score (nSPS) is 10.5. The Balaban J connectivity index is 1.98. The molecular weight excluding hydrogens is 268 g/mol. The molecule has 104 valence electrons. The van der Waals surface area contributed by atoms with E-state index in [1.54, 1.807) is 6.20 Å². The molecule has 0 aliphatic heterocycles. The monoisotopic (exact) mass is 280 g/mol. The highest BCUT2D eigenvalue weighted by atomic mass is 16.4. The number of pyridine rings is 2. The van der Waals surface area contributed by atoms with Gasteiger partial charge in [-0.05, 0) is 30.3 Å². The third-order valence-electron chi connectivity index (χ3n) is 3.09. The molecule has 6 nitrogen and oxygen atoms in total. The second-order valence-electron chi connectivity index (χ2n) is 4.46. The SMILES string of the molecule is Nc1c(C(=O)O)ccnc1Nc1ccc2ncccc2c1. The van der Waals surface area contributed by atoms with Crippen molar-refractivity contribution in [1.29, 1.82) is 0 Å². The molecule has 0 saturated heterocycles. The lowest BCUT2D eigenvalue weighted by Gasteiger charge is -2.10. The Morgan fingerprint density at radius 1 is 1.14 bits per heavy atom. The van der Waals surface area contributed by atoms with Crippen LogP contribution in [-0.2, 0) is 0 Å². The second kappa shape index (κ2) is 5.09. The summed E-state index contributed by atoms with van der Waals surface area (Å²) >= 11 is 0. The molecule has 6 heteroatoms. The summed E-state index contributed by atoms with van der Waals surface area (Å²) in [5.41, 5.74) is 7.60. The molecule has 4 N–H and O–H groups in total. The van der Waals surface area contributed by atoms with E-state index in [-0.39, 0.29) is 11.3 Å². The third kappa shape index (κ3) is 2.46. The summed E-state index contributed by atoms with van der Waals surface area (Å²) < 4.78 is 0. The minimum Gasteiger partial charge on any atom is -0.478 e. The van der Waals surface area contributed by atoms with Crippen LogP contribution in [0.1, 0.15) is 10.4 Å². The predicted octanol–water partition coefficient (Wildman–Crippen LogP) is 2.65. The van der Waals surface area contributed by atoms with Gasteiger partial charge >= 0.3 is 5.97 Å². The molecule has 21 heavy (non-hydrogen) atoms. The number of hydrogen-bond acceptors (Lipinski definition) is 5. The van der Waals surface area contributed by atoms with Gasteiger partial charge in [-0.1, -0.05) is 6.07 Å². The maximum absolute atomic E-state index is 11.1. The molecule has 0 spiro atoms. The average Bonchev–Trinajstić information content (AvgIpc) is 2.49. The Hall–Kier alpha value is -3.15. The molecule has 3 rings (SSSR count). The van der Waals surface area contributed by atoms with E-state index < -0.39 is 5.97 Å². The van der Waals surface area contributed by atoms with Gasteiger partial charge in [0.2, 0.25) is 0 Å². The number of carboxylic acids is 1. The van der Waals surface area contributed by atoms with Crippen LogP contribution in [0.2, 0.25) is 0 Å². The predicted molar refractivity (Wildman–Crippen MR) is 80.6 cm³/mol. The Bertz CT molecular complexity index is 833. The molecule has 0 atom stereocenters. The number of hydrogen-bond donors (Lipinski definition) is 3. The van der Waals surface area contributed by atoms with Crippen molar-refractivity contribution in [3.05, 3.63) is 54.4 Å². The number of carboxylic acid groups (broad SMARTS) is 1. The molecule has 0 aliphatic carbocycles. The summed E-state index contributed by atoms with van der Waals surface area (Å²) in [5, 5.41) is 13.1. The van der Waals surface area contributed by atoms with Crippen molar-refractivity contribution < 1.29 is 9.90 Å². The fourth-order valence-corrected chi connectivity index (χ4v) is 2.05. The molecule has 0 saturated carbocycles. The second-order valence-corrected chi connectivity index (χ2v) is 4.46. The topological polar surface area (TPSA) is 101 Å². The van der Waals surface area contributed by atoms with Crippen LogP contribution in [0.15, 0.2) is 48.8 Å². The zero-order chi connectivity index (χ0) is 14.8. The van der Waals surface area contributed by atoms with Gasteiger partial charge in [0.05, 0.1) is 16.8 Å². The van der Waals surface area contributed by atoms with E-state index in [0.29, 0.717) is 5.82 Å². The van der Waals surface area contributed by atoms with E-state index >= 15 is 0 Å². The molecule has 2 aromatic heterocycles. The lowest BCUT2D eigenvalue weighted by molar-refractivity contribution is 0.0698. The number of anilines is 3. The van der Waals surface area contributed by atoms with Gasteiger partial charge in [-0.15, -0.1) is 0 Å². The molecule has 0 fully saturated rings. The number of carbonyl (C=O) groups is 1. The zero-order valence-corrected chi connectivity index (χ0v) is 10.9. The van der Waals surface area contributed by atoms with Crippen molar-refractivity contribution in [2.45, 2.75) is 0 Å². The molecule has 0 bridgehead atoms. The lowest BCUT2D eigenvalue weighted by atomic mass is 10.2. The first kappa shape index (κ1) is 12.9. The highest BCUT2D eigenvalue weighted by molar-refractivity contribution is 5.97. The number of nitrogens with one attached hydrogen (secondary N) is 1. The smallest absolute Gasteiger partial charge is 0.337 e. The van der Waals surface area contributed by atoms with E-state index in [9.17, 15) is 4.79 Å². The van der Waals surface area contributed by atoms with Crippen LogP contribution in [0.5, 0.6) is 0 Å². The maximum Gasteiger partial charge on any atom is 0.337 e. The lowest BCUT2D eigenvalue weighted by Crippen LogP contribution is -2.07. The maximum atomic E-state index is 11.1. The van der Waals surface area contributed by atoms with Crippen molar-refractivity contribution in [3.63, 3.8) is 0 Å². The Labute approximate surface area is 120 Å². The molecule has 0 radical (unpaired) electrons. The fourth-order valence-electron chi connectivity index (χ4n) is 2.05. The zero-order valence-electron chi connectivity index (χ0n) is 10.9. The van der Waals surface area contributed by atoms with Crippen LogP contribution in [0.25, 0.3) is 10.9 Å². The largest absolute Gasteiger partial charge is 0.478 e. The van der Waals surface area contributed by atoms with Crippen molar-refractivity contribution in [3.8, 4) is 0 Å². The van der Waals surface area contributed by atoms with Gasteiger partial charge in [-0.25, -0.2) is 9.78 Å². The van der Waals surface area contributed by atoms with Crippen LogP contribution in [0.3, 0.4) is 0 Å². The first-order valence-electron chi connectivity index (χ1n) is 6.25. The first-order valence-corrected chi connectivity index (χ1v) is 6.25. The molecule has 0 unspecified atom stereocenters. The van der Waals surface area contributed by atoms with Crippen LogP contribution in [0, 0.1) is 0 Å². The summed E-state index contributed by atoms with van der Waals surface area (Å²) in [4.78, 5) is 19.4. The molecule has 0 aliphatic rings. The highest BCUT2D eigenvalue weighted by Crippen LogP contribution is 2.25. The Kier molecular flexibility index (Phi) is 3.12. The quantitative estimate of drug-likeness (QED) is 0.681. The molecule has 1 aromatic carbocycles. The number of aromatic nitrogens is 2.